The van der Waals surface area contributed by atoms with E-state index in [1.165, 1.54) is 7.11 Å². The van der Waals surface area contributed by atoms with Crippen molar-refractivity contribution in [2.75, 3.05) is 24.3 Å². The predicted octanol–water partition coefficient (Wildman–Crippen LogP) is 0.361. The van der Waals surface area contributed by atoms with Crippen molar-refractivity contribution in [2.45, 2.75) is 19.4 Å². The molecular weight excluding hydrogens is 208 g/mol. The molecule has 2 rings (SSSR count). The van der Waals surface area contributed by atoms with E-state index in [0.29, 0.717) is 6.54 Å². The highest BCUT2D eigenvalue weighted by atomic mass is 16.5. The van der Waals surface area contributed by atoms with E-state index in [1.54, 1.807) is 4.68 Å². The molecule has 6 nitrogen and oxygen atoms in total. The molecule has 0 spiro atoms. The summed E-state index contributed by atoms with van der Waals surface area (Å²) in [7, 11) is 3.38. The van der Waals surface area contributed by atoms with Gasteiger partial charge in [0.15, 0.2) is 6.10 Å². The molecule has 1 aliphatic rings. The zero-order chi connectivity index (χ0) is 11.7. The molecule has 2 N–H and O–H groups in total. The van der Waals surface area contributed by atoms with Gasteiger partial charge in [-0.15, -0.1) is 0 Å². The van der Waals surface area contributed by atoms with Crippen molar-refractivity contribution in [2.24, 2.45) is 7.05 Å². The van der Waals surface area contributed by atoms with Crippen LogP contribution in [0.4, 0.5) is 11.5 Å². The number of methoxy groups -OCH3 is 1. The smallest absolute Gasteiger partial charge is 0.255 e. The number of nitrogens with one attached hydrogen (secondary N) is 2. The minimum Gasteiger partial charge on any atom is -0.370 e. The van der Waals surface area contributed by atoms with E-state index >= 15 is 0 Å². The van der Waals surface area contributed by atoms with E-state index in [-0.39, 0.29) is 5.91 Å². The molecule has 1 aromatic rings. The average molecular weight is 224 g/mol. The van der Waals surface area contributed by atoms with Crippen molar-refractivity contribution >= 4 is 17.4 Å². The number of hydrogen-bond acceptors (Lipinski definition) is 4. The van der Waals surface area contributed by atoms with Crippen molar-refractivity contribution in [3.63, 3.8) is 0 Å². The van der Waals surface area contributed by atoms with Crippen molar-refractivity contribution in [3.8, 4) is 0 Å². The first-order valence-electron chi connectivity index (χ1n) is 5.30. The molecule has 0 saturated carbocycles. The van der Waals surface area contributed by atoms with Gasteiger partial charge in [0.2, 0.25) is 0 Å². The lowest BCUT2D eigenvalue weighted by atomic mass is 10.3. The van der Waals surface area contributed by atoms with Gasteiger partial charge < -0.3 is 15.4 Å². The van der Waals surface area contributed by atoms with Gasteiger partial charge in [0, 0.05) is 14.2 Å². The number of aromatic nitrogens is 2. The number of aryl methyl sites for hydroxylation is 2. The quantitative estimate of drug-likeness (QED) is 0.761. The molecule has 1 amide bonds. The summed E-state index contributed by atoms with van der Waals surface area (Å²) < 4.78 is 6.84. The van der Waals surface area contributed by atoms with Crippen LogP contribution in [0.5, 0.6) is 0 Å². The Hall–Kier alpha value is -1.56. The van der Waals surface area contributed by atoms with Crippen LogP contribution >= 0.6 is 0 Å². The number of carbonyl (C=O) groups is 1. The lowest BCUT2D eigenvalue weighted by Gasteiger charge is -2.11. The standard InChI is InChI=1S/C10H16N4O2/c1-4-6-8-9(14(2)13-6)11-5-7(16-3)10(15)12-8/h7,11H,4-5H2,1-3H3,(H,12,15). The third-order valence-electron chi connectivity index (χ3n) is 2.73. The Labute approximate surface area is 94.0 Å². The molecule has 1 unspecified atom stereocenters. The van der Waals surface area contributed by atoms with Crippen molar-refractivity contribution < 1.29 is 9.53 Å². The van der Waals surface area contributed by atoms with Crippen LogP contribution in [0.25, 0.3) is 0 Å². The fourth-order valence-electron chi connectivity index (χ4n) is 1.84. The molecule has 0 saturated heterocycles. The van der Waals surface area contributed by atoms with Crippen LogP contribution in [-0.4, -0.2) is 35.4 Å². The second kappa shape index (κ2) is 4.13. The number of nitrogens with zero attached hydrogens (tertiary/aromatic N) is 2. The summed E-state index contributed by atoms with van der Waals surface area (Å²) in [5.74, 6) is 0.709. The zero-order valence-corrected chi connectivity index (χ0v) is 9.70. The van der Waals surface area contributed by atoms with Crippen LogP contribution in [-0.2, 0) is 23.0 Å². The van der Waals surface area contributed by atoms with Crippen LogP contribution in [0.15, 0.2) is 0 Å². The van der Waals surface area contributed by atoms with Crippen LogP contribution in [0.1, 0.15) is 12.6 Å². The van der Waals surface area contributed by atoms with Gasteiger partial charge in [0.05, 0.1) is 12.2 Å². The normalized spacial score (nSPS) is 19.7. The maximum absolute atomic E-state index is 11.8. The molecule has 0 aliphatic carbocycles. The average Bonchev–Trinajstić information content (AvgIpc) is 2.46. The van der Waals surface area contributed by atoms with E-state index in [2.05, 4.69) is 15.7 Å². The van der Waals surface area contributed by atoms with E-state index in [9.17, 15) is 4.79 Å². The first-order chi connectivity index (χ1) is 7.67. The van der Waals surface area contributed by atoms with Crippen molar-refractivity contribution in [1.82, 2.24) is 9.78 Å². The second-order valence-electron chi connectivity index (χ2n) is 3.74. The first-order valence-corrected chi connectivity index (χ1v) is 5.30. The largest absolute Gasteiger partial charge is 0.370 e. The summed E-state index contributed by atoms with van der Waals surface area (Å²) in [4.78, 5) is 11.8. The van der Waals surface area contributed by atoms with Gasteiger partial charge in [-0.3, -0.25) is 9.48 Å². The highest BCUT2D eigenvalue weighted by Gasteiger charge is 2.27. The van der Waals surface area contributed by atoms with E-state index < -0.39 is 6.10 Å². The van der Waals surface area contributed by atoms with Crippen LogP contribution in [0, 0.1) is 0 Å². The molecule has 0 radical (unpaired) electrons. The molecule has 1 aliphatic heterocycles. The zero-order valence-electron chi connectivity index (χ0n) is 9.70. The number of fused-ring (bicyclic) bond motifs is 1. The second-order valence-corrected chi connectivity index (χ2v) is 3.74. The van der Waals surface area contributed by atoms with Crippen molar-refractivity contribution in [3.05, 3.63) is 5.69 Å². The number of anilines is 2. The molecule has 0 aromatic carbocycles. The molecule has 88 valence electrons. The van der Waals surface area contributed by atoms with E-state index in [1.807, 2.05) is 14.0 Å². The van der Waals surface area contributed by atoms with E-state index in [0.717, 1.165) is 23.6 Å². The Balaban J connectivity index is 2.37. The Morgan fingerprint density at radius 2 is 2.38 bits per heavy atom. The number of hydrogen-bond donors (Lipinski definition) is 2. The molecule has 0 bridgehead atoms. The van der Waals surface area contributed by atoms with Gasteiger partial charge in [0.1, 0.15) is 11.5 Å². The lowest BCUT2D eigenvalue weighted by Crippen LogP contribution is -2.33. The van der Waals surface area contributed by atoms with Gasteiger partial charge in [0.25, 0.3) is 5.91 Å². The summed E-state index contributed by atoms with van der Waals surface area (Å²) in [6.07, 6.45) is 0.320. The summed E-state index contributed by atoms with van der Waals surface area (Å²) in [6, 6.07) is 0. The Morgan fingerprint density at radius 1 is 1.62 bits per heavy atom. The molecule has 1 aromatic heterocycles. The van der Waals surface area contributed by atoms with Gasteiger partial charge in [-0.1, -0.05) is 6.92 Å². The Morgan fingerprint density at radius 3 is 3.00 bits per heavy atom. The SMILES string of the molecule is CCc1nn(C)c2c1NC(=O)C(OC)CN2. The lowest BCUT2D eigenvalue weighted by molar-refractivity contribution is -0.124. The third kappa shape index (κ3) is 1.65. The topological polar surface area (TPSA) is 68.2 Å². The summed E-state index contributed by atoms with van der Waals surface area (Å²) >= 11 is 0. The molecule has 2 heterocycles. The minimum absolute atomic E-state index is 0.128. The van der Waals surface area contributed by atoms with E-state index in [4.69, 9.17) is 4.74 Å². The summed E-state index contributed by atoms with van der Waals surface area (Å²) in [6.45, 7) is 2.46. The fraction of sp³-hybridized carbons (Fsp3) is 0.600. The number of rotatable bonds is 2. The minimum atomic E-state index is -0.461. The van der Waals surface area contributed by atoms with Gasteiger partial charge in [-0.25, -0.2) is 0 Å². The van der Waals surface area contributed by atoms with Gasteiger partial charge in [-0.2, -0.15) is 5.10 Å². The molecule has 6 heteroatoms. The summed E-state index contributed by atoms with van der Waals surface area (Å²) in [5.41, 5.74) is 1.66. The monoisotopic (exact) mass is 224 g/mol. The van der Waals surface area contributed by atoms with Gasteiger partial charge in [-0.05, 0) is 6.42 Å². The molecule has 0 fully saturated rings. The number of carbonyl (C=O) groups excluding carboxylic acids is 1. The highest BCUT2D eigenvalue weighted by molar-refractivity contribution is 5.99. The molecule has 16 heavy (non-hydrogen) atoms. The third-order valence-corrected chi connectivity index (χ3v) is 2.73. The fourth-order valence-corrected chi connectivity index (χ4v) is 1.84. The van der Waals surface area contributed by atoms with Crippen LogP contribution in [0.2, 0.25) is 0 Å². The Kier molecular flexibility index (Phi) is 2.82. The summed E-state index contributed by atoms with van der Waals surface area (Å²) in [5, 5.41) is 10.4. The van der Waals surface area contributed by atoms with Crippen LogP contribution in [0.3, 0.4) is 0 Å². The maximum atomic E-state index is 11.8. The number of ether oxygens (including phenoxy) is 1. The van der Waals surface area contributed by atoms with Crippen LogP contribution < -0.4 is 10.6 Å². The van der Waals surface area contributed by atoms with Gasteiger partial charge >= 0.3 is 0 Å². The molecular formula is C10H16N4O2. The Bertz CT molecular complexity index is 413. The molecule has 1 atom stereocenters. The van der Waals surface area contributed by atoms with Crippen molar-refractivity contribution in [1.29, 1.82) is 0 Å². The maximum Gasteiger partial charge on any atom is 0.255 e. The first kappa shape index (κ1) is 10.9. The number of amides is 1. The predicted molar refractivity (Wildman–Crippen MR) is 60.5 cm³/mol. The highest BCUT2D eigenvalue weighted by Crippen LogP contribution is 2.28.